The lowest BCUT2D eigenvalue weighted by Crippen LogP contribution is -2.55. The molecule has 0 unspecified atom stereocenters. The molecule has 2 N–H and O–H groups in total. The van der Waals surface area contributed by atoms with Gasteiger partial charge in [-0.2, -0.15) is 0 Å². The van der Waals surface area contributed by atoms with Gasteiger partial charge in [-0.1, -0.05) is 0 Å². The number of nitrogens with zero attached hydrogens (tertiary/aromatic N) is 1. The minimum atomic E-state index is -0.973. The first kappa shape index (κ1) is 14.2. The van der Waals surface area contributed by atoms with Crippen LogP contribution in [0, 0.1) is 11.8 Å². The Bertz CT molecular complexity index is 355. The summed E-state index contributed by atoms with van der Waals surface area (Å²) >= 11 is 0. The number of carbonyl (C=O) groups is 2. The molecule has 0 heterocycles. The molecule has 0 aromatic heterocycles. The fourth-order valence-electron chi connectivity index (χ4n) is 2.50. The van der Waals surface area contributed by atoms with E-state index < -0.39 is 11.5 Å². The van der Waals surface area contributed by atoms with Crippen molar-refractivity contribution in [2.75, 3.05) is 6.54 Å². The van der Waals surface area contributed by atoms with Gasteiger partial charge in [0.15, 0.2) is 0 Å². The number of carbonyl (C=O) groups excluding carboxylic acids is 1. The van der Waals surface area contributed by atoms with Gasteiger partial charge in [-0.05, 0) is 58.3 Å². The molecule has 0 aromatic rings. The van der Waals surface area contributed by atoms with Gasteiger partial charge in [-0.25, -0.2) is 4.79 Å². The molecule has 0 saturated heterocycles. The maximum Gasteiger partial charge on any atom is 0.323 e. The van der Waals surface area contributed by atoms with Crippen LogP contribution >= 0.6 is 0 Å². The summed E-state index contributed by atoms with van der Waals surface area (Å²) in [4.78, 5) is 24.7. The van der Waals surface area contributed by atoms with Gasteiger partial charge in [-0.15, -0.1) is 0 Å². The molecule has 19 heavy (non-hydrogen) atoms. The third-order valence-electron chi connectivity index (χ3n) is 3.90. The molecule has 2 saturated carbocycles. The number of aliphatic carboxylic acids is 1. The summed E-state index contributed by atoms with van der Waals surface area (Å²) in [5.41, 5.74) is -0.486. The highest BCUT2D eigenvalue weighted by Crippen LogP contribution is 2.44. The summed E-state index contributed by atoms with van der Waals surface area (Å²) in [5, 5.41) is 12.0. The number of amides is 2. The average molecular weight is 268 g/mol. The van der Waals surface area contributed by atoms with E-state index in [9.17, 15) is 9.59 Å². The second kappa shape index (κ2) is 5.02. The van der Waals surface area contributed by atoms with E-state index in [0.717, 1.165) is 0 Å². The number of carboxylic acid groups (broad SMARTS) is 1. The topological polar surface area (TPSA) is 69.6 Å². The molecule has 0 spiro atoms. The van der Waals surface area contributed by atoms with Crippen molar-refractivity contribution >= 4 is 12.0 Å². The van der Waals surface area contributed by atoms with Crippen LogP contribution in [-0.4, -0.2) is 40.1 Å². The maximum absolute atomic E-state index is 12.4. The van der Waals surface area contributed by atoms with Crippen LogP contribution in [0.1, 0.15) is 46.5 Å². The monoisotopic (exact) mass is 268 g/mol. The van der Waals surface area contributed by atoms with Crippen molar-refractivity contribution in [3.63, 3.8) is 0 Å². The van der Waals surface area contributed by atoms with Gasteiger partial charge >= 0.3 is 12.0 Å². The Labute approximate surface area is 114 Å². The molecule has 0 aliphatic heterocycles. The van der Waals surface area contributed by atoms with Crippen LogP contribution in [0.15, 0.2) is 0 Å². The number of hydrogen-bond donors (Lipinski definition) is 2. The fraction of sp³-hybridized carbons (Fsp3) is 0.857. The first-order valence-corrected chi connectivity index (χ1v) is 7.09. The molecule has 2 fully saturated rings. The van der Waals surface area contributed by atoms with Crippen LogP contribution in [0.2, 0.25) is 0 Å². The molecule has 0 aromatic carbocycles. The average Bonchev–Trinajstić information content (AvgIpc) is 3.13. The zero-order valence-electron chi connectivity index (χ0n) is 12.0. The second-order valence-corrected chi connectivity index (χ2v) is 6.80. The first-order valence-electron chi connectivity index (χ1n) is 7.09. The molecule has 2 aliphatic carbocycles. The summed E-state index contributed by atoms with van der Waals surface area (Å²) in [5.74, 6) is 0.255. The van der Waals surface area contributed by atoms with E-state index >= 15 is 0 Å². The van der Waals surface area contributed by atoms with Gasteiger partial charge in [-0.3, -0.25) is 4.79 Å². The summed E-state index contributed by atoms with van der Waals surface area (Å²) in [6.07, 6.45) is 4.76. The highest BCUT2D eigenvalue weighted by Gasteiger charge is 2.43. The smallest absolute Gasteiger partial charge is 0.323 e. The molecule has 5 nitrogen and oxygen atoms in total. The summed E-state index contributed by atoms with van der Waals surface area (Å²) < 4.78 is 0. The molecule has 5 heteroatoms. The van der Waals surface area contributed by atoms with E-state index in [1.54, 1.807) is 0 Å². The van der Waals surface area contributed by atoms with Crippen LogP contribution in [-0.2, 0) is 4.79 Å². The Morgan fingerprint density at radius 1 is 1.21 bits per heavy atom. The van der Waals surface area contributed by atoms with Crippen molar-refractivity contribution in [1.29, 1.82) is 0 Å². The lowest BCUT2D eigenvalue weighted by molar-refractivity contribution is -0.138. The SMILES string of the molecule is CC(C)(C)N(CC(=O)O)C(=O)NC(C1CC1)C1CC1. The zero-order chi connectivity index (χ0) is 14.2. The van der Waals surface area contributed by atoms with Crippen molar-refractivity contribution in [2.45, 2.75) is 58.0 Å². The Kier molecular flexibility index (Phi) is 3.74. The minimum Gasteiger partial charge on any atom is -0.480 e. The van der Waals surface area contributed by atoms with Crippen molar-refractivity contribution in [3.05, 3.63) is 0 Å². The third kappa shape index (κ3) is 3.85. The van der Waals surface area contributed by atoms with Gasteiger partial charge in [0.1, 0.15) is 6.54 Å². The zero-order valence-corrected chi connectivity index (χ0v) is 12.0. The van der Waals surface area contributed by atoms with Crippen LogP contribution in [0.5, 0.6) is 0 Å². The van der Waals surface area contributed by atoms with E-state index in [-0.39, 0.29) is 18.6 Å². The molecule has 0 radical (unpaired) electrons. The number of rotatable bonds is 5. The first-order chi connectivity index (χ1) is 8.79. The molecule has 0 bridgehead atoms. The van der Waals surface area contributed by atoms with Crippen LogP contribution in [0.25, 0.3) is 0 Å². The fourth-order valence-corrected chi connectivity index (χ4v) is 2.50. The lowest BCUT2D eigenvalue weighted by atomic mass is 10.1. The third-order valence-corrected chi connectivity index (χ3v) is 3.90. The van der Waals surface area contributed by atoms with E-state index in [4.69, 9.17) is 5.11 Å². The normalized spacial score (nSPS) is 19.4. The van der Waals surface area contributed by atoms with Crippen molar-refractivity contribution in [1.82, 2.24) is 10.2 Å². The Balaban J connectivity index is 1.99. The van der Waals surface area contributed by atoms with Gasteiger partial charge in [0.05, 0.1) is 0 Å². The summed E-state index contributed by atoms with van der Waals surface area (Å²) in [7, 11) is 0. The maximum atomic E-state index is 12.4. The van der Waals surface area contributed by atoms with E-state index in [2.05, 4.69) is 5.32 Å². The predicted octanol–water partition coefficient (Wildman–Crippen LogP) is 2.07. The number of hydrogen-bond acceptors (Lipinski definition) is 2. The van der Waals surface area contributed by atoms with Crippen molar-refractivity contribution in [3.8, 4) is 0 Å². The highest BCUT2D eigenvalue weighted by atomic mass is 16.4. The Morgan fingerprint density at radius 3 is 2.00 bits per heavy atom. The van der Waals surface area contributed by atoms with Crippen molar-refractivity contribution < 1.29 is 14.7 Å². The minimum absolute atomic E-state index is 0.237. The van der Waals surface area contributed by atoms with E-state index in [0.29, 0.717) is 11.8 Å². The number of carboxylic acids is 1. The molecule has 2 rings (SSSR count). The lowest BCUT2D eigenvalue weighted by Gasteiger charge is -2.35. The molecule has 0 atom stereocenters. The van der Waals surface area contributed by atoms with Crippen LogP contribution in [0.4, 0.5) is 4.79 Å². The Morgan fingerprint density at radius 2 is 1.68 bits per heavy atom. The van der Waals surface area contributed by atoms with Crippen LogP contribution < -0.4 is 5.32 Å². The second-order valence-electron chi connectivity index (χ2n) is 6.80. The Hall–Kier alpha value is -1.26. The van der Waals surface area contributed by atoms with E-state index in [1.807, 2.05) is 20.8 Å². The summed E-state index contributed by atoms with van der Waals surface area (Å²) in [6.45, 7) is 5.33. The number of urea groups is 1. The molecular formula is C14H24N2O3. The van der Waals surface area contributed by atoms with Crippen molar-refractivity contribution in [2.24, 2.45) is 11.8 Å². The molecular weight excluding hydrogens is 244 g/mol. The predicted molar refractivity (Wildman–Crippen MR) is 71.9 cm³/mol. The van der Waals surface area contributed by atoms with Gasteiger partial charge in [0.2, 0.25) is 0 Å². The van der Waals surface area contributed by atoms with Gasteiger partial charge < -0.3 is 15.3 Å². The molecule has 2 aliphatic rings. The standard InChI is InChI=1S/C14H24N2O3/c1-14(2,3)16(8-11(17)18)13(19)15-12(9-4-5-9)10-6-7-10/h9-10,12H,4-8H2,1-3H3,(H,15,19)(H,17,18). The van der Waals surface area contributed by atoms with Gasteiger partial charge in [0.25, 0.3) is 0 Å². The number of nitrogens with one attached hydrogen (secondary N) is 1. The largest absolute Gasteiger partial charge is 0.480 e. The highest BCUT2D eigenvalue weighted by molar-refractivity contribution is 5.81. The quantitative estimate of drug-likeness (QED) is 0.802. The molecule has 108 valence electrons. The summed E-state index contributed by atoms with van der Waals surface area (Å²) in [6, 6.07) is 0.0184. The molecule has 2 amide bonds. The van der Waals surface area contributed by atoms with E-state index in [1.165, 1.54) is 30.6 Å². The van der Waals surface area contributed by atoms with Gasteiger partial charge in [0, 0.05) is 11.6 Å². The van der Waals surface area contributed by atoms with Crippen LogP contribution in [0.3, 0.4) is 0 Å².